The van der Waals surface area contributed by atoms with E-state index in [1.54, 1.807) is 6.20 Å². The van der Waals surface area contributed by atoms with Gasteiger partial charge in [-0.25, -0.2) is 9.67 Å². The molecule has 0 spiro atoms. The maximum atomic E-state index is 5.75. The number of rotatable bonds is 4. The highest BCUT2D eigenvalue weighted by Gasteiger charge is 2.15. The summed E-state index contributed by atoms with van der Waals surface area (Å²) in [5.74, 6) is 1.19. The first kappa shape index (κ1) is 15.3. The first-order chi connectivity index (χ1) is 12.3. The predicted octanol–water partition coefficient (Wildman–Crippen LogP) is 4.19. The van der Waals surface area contributed by atoms with E-state index in [0.717, 1.165) is 22.3 Å². The Labute approximate surface area is 145 Å². The van der Waals surface area contributed by atoms with Gasteiger partial charge in [-0.05, 0) is 26.0 Å². The van der Waals surface area contributed by atoms with Gasteiger partial charge in [0.05, 0.1) is 18.5 Å². The number of hydrogen-bond acceptors (Lipinski definition) is 4. The Hall–Kier alpha value is -3.21. The smallest absolute Gasteiger partial charge is 0.228 e. The molecule has 2 aromatic heterocycles. The fourth-order valence-electron chi connectivity index (χ4n) is 2.72. The second kappa shape index (κ2) is 6.36. The quantitative estimate of drug-likeness (QED) is 0.563. The van der Waals surface area contributed by atoms with Gasteiger partial charge in [0.15, 0.2) is 11.5 Å². The zero-order valence-corrected chi connectivity index (χ0v) is 14.2. The summed E-state index contributed by atoms with van der Waals surface area (Å²) in [5, 5.41) is 5.30. The van der Waals surface area contributed by atoms with E-state index < -0.39 is 0 Å². The van der Waals surface area contributed by atoms with E-state index in [1.807, 2.05) is 54.1 Å². The first-order valence-electron chi connectivity index (χ1n) is 8.27. The Morgan fingerprint density at radius 3 is 2.44 bits per heavy atom. The van der Waals surface area contributed by atoms with Gasteiger partial charge >= 0.3 is 0 Å². The number of para-hydroxylation sites is 1. The SMILES string of the molecule is CCOc1nc(-c2ccc(C)cc2)nc2c1cnn2-c1ccccc1. The maximum Gasteiger partial charge on any atom is 0.228 e. The lowest BCUT2D eigenvalue weighted by Gasteiger charge is -2.08. The van der Waals surface area contributed by atoms with Crippen LogP contribution < -0.4 is 4.74 Å². The van der Waals surface area contributed by atoms with Crippen LogP contribution in [0.1, 0.15) is 12.5 Å². The minimum Gasteiger partial charge on any atom is -0.477 e. The average Bonchev–Trinajstić information content (AvgIpc) is 3.07. The molecule has 5 nitrogen and oxygen atoms in total. The Balaban J connectivity index is 1.94. The molecule has 0 bridgehead atoms. The van der Waals surface area contributed by atoms with E-state index in [9.17, 15) is 0 Å². The molecule has 124 valence electrons. The zero-order chi connectivity index (χ0) is 17.2. The average molecular weight is 330 g/mol. The summed E-state index contributed by atoms with van der Waals surface area (Å²) in [6.45, 7) is 4.54. The normalized spacial score (nSPS) is 11.0. The first-order valence-corrected chi connectivity index (χ1v) is 8.27. The highest BCUT2D eigenvalue weighted by atomic mass is 16.5. The topological polar surface area (TPSA) is 52.8 Å². The number of hydrogen-bond donors (Lipinski definition) is 0. The van der Waals surface area contributed by atoms with Gasteiger partial charge in [-0.3, -0.25) is 0 Å². The number of fused-ring (bicyclic) bond motifs is 1. The fourth-order valence-corrected chi connectivity index (χ4v) is 2.72. The minimum absolute atomic E-state index is 0.538. The van der Waals surface area contributed by atoms with E-state index in [0.29, 0.717) is 18.3 Å². The molecule has 0 fully saturated rings. The molecule has 0 aliphatic heterocycles. The summed E-state index contributed by atoms with van der Waals surface area (Å²) in [4.78, 5) is 9.37. The molecule has 0 atom stereocenters. The lowest BCUT2D eigenvalue weighted by molar-refractivity contribution is 0.331. The van der Waals surface area contributed by atoms with E-state index in [1.165, 1.54) is 5.56 Å². The third kappa shape index (κ3) is 2.85. The van der Waals surface area contributed by atoms with Crippen LogP contribution in [-0.4, -0.2) is 26.4 Å². The summed E-state index contributed by atoms with van der Waals surface area (Å²) in [6.07, 6.45) is 1.76. The van der Waals surface area contributed by atoms with Crippen LogP contribution in [-0.2, 0) is 0 Å². The van der Waals surface area contributed by atoms with Crippen molar-refractivity contribution >= 4 is 11.0 Å². The van der Waals surface area contributed by atoms with Crippen LogP contribution in [0.15, 0.2) is 60.8 Å². The summed E-state index contributed by atoms with van der Waals surface area (Å²) in [6, 6.07) is 18.1. The van der Waals surface area contributed by atoms with Crippen LogP contribution in [0.4, 0.5) is 0 Å². The molecule has 25 heavy (non-hydrogen) atoms. The summed E-state index contributed by atoms with van der Waals surface area (Å²) in [5.41, 5.74) is 3.84. The number of nitrogens with zero attached hydrogens (tertiary/aromatic N) is 4. The molecule has 0 aliphatic rings. The second-order valence-corrected chi connectivity index (χ2v) is 5.78. The van der Waals surface area contributed by atoms with Crippen LogP contribution in [0.25, 0.3) is 28.1 Å². The standard InChI is InChI=1S/C20H18N4O/c1-3-25-20-17-13-21-24(16-7-5-4-6-8-16)19(17)22-18(23-20)15-11-9-14(2)10-12-15/h4-13H,3H2,1-2H3. The third-order valence-electron chi connectivity index (χ3n) is 3.99. The molecule has 4 aromatic rings. The monoisotopic (exact) mass is 330 g/mol. The van der Waals surface area contributed by atoms with Crippen molar-refractivity contribution in [2.24, 2.45) is 0 Å². The van der Waals surface area contributed by atoms with Crippen molar-refractivity contribution in [3.05, 3.63) is 66.4 Å². The van der Waals surface area contributed by atoms with Crippen LogP contribution in [0.3, 0.4) is 0 Å². The molecule has 0 saturated heterocycles. The molecule has 0 saturated carbocycles. The number of aryl methyl sites for hydroxylation is 1. The maximum absolute atomic E-state index is 5.75. The zero-order valence-electron chi connectivity index (χ0n) is 14.2. The van der Waals surface area contributed by atoms with Crippen LogP contribution in [0, 0.1) is 6.92 Å². The Morgan fingerprint density at radius 2 is 1.72 bits per heavy atom. The molecule has 2 aromatic carbocycles. The van der Waals surface area contributed by atoms with E-state index in [2.05, 4.69) is 29.1 Å². The molecular formula is C20H18N4O. The molecule has 0 unspecified atom stereocenters. The summed E-state index contributed by atoms with van der Waals surface area (Å²) < 4.78 is 7.57. The van der Waals surface area contributed by atoms with Crippen molar-refractivity contribution in [3.8, 4) is 23.0 Å². The van der Waals surface area contributed by atoms with Crippen molar-refractivity contribution in [3.63, 3.8) is 0 Å². The Morgan fingerprint density at radius 1 is 0.960 bits per heavy atom. The van der Waals surface area contributed by atoms with Gasteiger partial charge in [-0.2, -0.15) is 10.1 Å². The second-order valence-electron chi connectivity index (χ2n) is 5.78. The van der Waals surface area contributed by atoms with Gasteiger partial charge in [0.2, 0.25) is 5.88 Å². The number of benzene rings is 2. The predicted molar refractivity (Wildman–Crippen MR) is 98.0 cm³/mol. The lowest BCUT2D eigenvalue weighted by Crippen LogP contribution is -2.02. The van der Waals surface area contributed by atoms with Crippen LogP contribution in [0.2, 0.25) is 0 Å². The van der Waals surface area contributed by atoms with Crippen molar-refractivity contribution in [1.82, 2.24) is 19.7 Å². The molecule has 2 heterocycles. The highest BCUT2D eigenvalue weighted by molar-refractivity contribution is 5.83. The van der Waals surface area contributed by atoms with Gasteiger partial charge in [0, 0.05) is 5.56 Å². The van der Waals surface area contributed by atoms with Gasteiger partial charge in [-0.15, -0.1) is 0 Å². The van der Waals surface area contributed by atoms with Gasteiger partial charge in [0.1, 0.15) is 5.39 Å². The molecule has 4 rings (SSSR count). The van der Waals surface area contributed by atoms with E-state index >= 15 is 0 Å². The third-order valence-corrected chi connectivity index (χ3v) is 3.99. The molecule has 0 aliphatic carbocycles. The highest BCUT2D eigenvalue weighted by Crippen LogP contribution is 2.28. The van der Waals surface area contributed by atoms with Gasteiger partial charge in [0.25, 0.3) is 0 Å². The van der Waals surface area contributed by atoms with Crippen molar-refractivity contribution < 1.29 is 4.74 Å². The van der Waals surface area contributed by atoms with Crippen molar-refractivity contribution in [2.75, 3.05) is 6.61 Å². The number of aromatic nitrogens is 4. The molecular weight excluding hydrogens is 312 g/mol. The van der Waals surface area contributed by atoms with E-state index in [-0.39, 0.29) is 0 Å². The lowest BCUT2D eigenvalue weighted by atomic mass is 10.1. The van der Waals surface area contributed by atoms with Gasteiger partial charge in [-0.1, -0.05) is 48.0 Å². The minimum atomic E-state index is 0.538. The molecule has 0 radical (unpaired) electrons. The number of ether oxygens (including phenoxy) is 1. The Bertz CT molecular complexity index is 1010. The molecule has 0 N–H and O–H groups in total. The van der Waals surface area contributed by atoms with Crippen LogP contribution in [0.5, 0.6) is 5.88 Å². The Kier molecular flexibility index (Phi) is 3.90. The molecule has 5 heteroatoms. The van der Waals surface area contributed by atoms with Crippen molar-refractivity contribution in [1.29, 1.82) is 0 Å². The fraction of sp³-hybridized carbons (Fsp3) is 0.150. The summed E-state index contributed by atoms with van der Waals surface area (Å²) >= 11 is 0. The van der Waals surface area contributed by atoms with Gasteiger partial charge < -0.3 is 4.74 Å². The van der Waals surface area contributed by atoms with E-state index in [4.69, 9.17) is 9.72 Å². The summed E-state index contributed by atoms with van der Waals surface area (Å²) in [7, 11) is 0. The molecule has 0 amide bonds. The van der Waals surface area contributed by atoms with Crippen LogP contribution >= 0.6 is 0 Å². The largest absolute Gasteiger partial charge is 0.477 e. The van der Waals surface area contributed by atoms with Crippen molar-refractivity contribution in [2.45, 2.75) is 13.8 Å².